The SMILES string of the molecule is CCOC(=O)CC1C(=O)N(CC)c2cc(C)ccc2C1O. The van der Waals surface area contributed by atoms with Crippen molar-refractivity contribution in [2.24, 2.45) is 5.92 Å². The molecule has 0 aromatic heterocycles. The molecule has 0 bridgehead atoms. The standard InChI is InChI=1S/C16H21NO4/c1-4-17-13-8-10(3)6-7-11(13)15(19)12(16(17)20)9-14(18)21-5-2/h6-8,12,15,19H,4-5,9H2,1-3H3. The fraction of sp³-hybridized carbons (Fsp3) is 0.500. The Hall–Kier alpha value is -1.88. The van der Waals surface area contributed by atoms with E-state index < -0.39 is 18.0 Å². The molecule has 1 aromatic carbocycles. The number of aryl methyl sites for hydroxylation is 1. The largest absolute Gasteiger partial charge is 0.466 e. The van der Waals surface area contributed by atoms with E-state index in [1.165, 1.54) is 0 Å². The van der Waals surface area contributed by atoms with E-state index >= 15 is 0 Å². The van der Waals surface area contributed by atoms with Gasteiger partial charge in [0, 0.05) is 17.8 Å². The summed E-state index contributed by atoms with van der Waals surface area (Å²) in [5.41, 5.74) is 2.45. The molecule has 2 rings (SSSR count). The molecule has 2 unspecified atom stereocenters. The molecule has 1 heterocycles. The van der Waals surface area contributed by atoms with Crippen molar-refractivity contribution >= 4 is 17.6 Å². The van der Waals surface area contributed by atoms with Gasteiger partial charge in [-0.15, -0.1) is 0 Å². The van der Waals surface area contributed by atoms with Gasteiger partial charge in [0.05, 0.1) is 25.0 Å². The van der Waals surface area contributed by atoms with Crippen LogP contribution < -0.4 is 4.90 Å². The minimum absolute atomic E-state index is 0.0995. The van der Waals surface area contributed by atoms with Crippen LogP contribution in [0.25, 0.3) is 0 Å². The number of benzene rings is 1. The topological polar surface area (TPSA) is 66.8 Å². The number of esters is 1. The van der Waals surface area contributed by atoms with Gasteiger partial charge >= 0.3 is 5.97 Å². The van der Waals surface area contributed by atoms with E-state index in [2.05, 4.69) is 0 Å². The van der Waals surface area contributed by atoms with Gasteiger partial charge < -0.3 is 14.7 Å². The van der Waals surface area contributed by atoms with Crippen LogP contribution >= 0.6 is 0 Å². The summed E-state index contributed by atoms with van der Waals surface area (Å²) in [6.07, 6.45) is -1.07. The first kappa shape index (κ1) is 15.5. The number of hydrogen-bond acceptors (Lipinski definition) is 4. The summed E-state index contributed by atoms with van der Waals surface area (Å²) in [6, 6.07) is 5.61. The highest BCUT2D eigenvalue weighted by Crippen LogP contribution is 2.39. The summed E-state index contributed by atoms with van der Waals surface area (Å²) >= 11 is 0. The predicted molar refractivity (Wildman–Crippen MR) is 78.9 cm³/mol. The highest BCUT2D eigenvalue weighted by atomic mass is 16.5. The van der Waals surface area contributed by atoms with Crippen molar-refractivity contribution in [3.8, 4) is 0 Å². The molecule has 5 heteroatoms. The Bertz CT molecular complexity index is 555. The van der Waals surface area contributed by atoms with Crippen LogP contribution in [0.2, 0.25) is 0 Å². The smallest absolute Gasteiger partial charge is 0.306 e. The molecule has 1 amide bonds. The highest BCUT2D eigenvalue weighted by molar-refractivity contribution is 6.00. The third-order valence-corrected chi connectivity index (χ3v) is 3.77. The molecular weight excluding hydrogens is 270 g/mol. The molecule has 0 fully saturated rings. The third kappa shape index (κ3) is 2.93. The van der Waals surface area contributed by atoms with Crippen LogP contribution in [0, 0.1) is 12.8 Å². The molecule has 21 heavy (non-hydrogen) atoms. The Balaban J connectivity index is 2.36. The number of nitrogens with zero attached hydrogens (tertiary/aromatic N) is 1. The number of hydrogen-bond donors (Lipinski definition) is 1. The van der Waals surface area contributed by atoms with Gasteiger partial charge in [0.15, 0.2) is 0 Å². The molecule has 1 aliphatic rings. The molecule has 114 valence electrons. The molecule has 0 spiro atoms. The van der Waals surface area contributed by atoms with Crippen molar-refractivity contribution in [3.63, 3.8) is 0 Å². The second-order valence-corrected chi connectivity index (χ2v) is 5.21. The first-order valence-electron chi connectivity index (χ1n) is 7.25. The first-order valence-corrected chi connectivity index (χ1v) is 7.25. The van der Waals surface area contributed by atoms with Gasteiger partial charge in [-0.05, 0) is 32.4 Å². The van der Waals surface area contributed by atoms with Gasteiger partial charge in [-0.2, -0.15) is 0 Å². The average molecular weight is 291 g/mol. The van der Waals surface area contributed by atoms with Gasteiger partial charge in [-0.1, -0.05) is 12.1 Å². The van der Waals surface area contributed by atoms with Crippen LogP contribution in [-0.2, 0) is 14.3 Å². The summed E-state index contributed by atoms with van der Waals surface area (Å²) in [4.78, 5) is 25.8. The number of amides is 1. The lowest BCUT2D eigenvalue weighted by Crippen LogP contribution is -2.44. The molecule has 2 atom stereocenters. The van der Waals surface area contributed by atoms with Crippen LogP contribution in [0.5, 0.6) is 0 Å². The number of anilines is 1. The zero-order chi connectivity index (χ0) is 15.6. The molecule has 0 saturated heterocycles. The van der Waals surface area contributed by atoms with E-state index in [-0.39, 0.29) is 18.9 Å². The number of aliphatic hydroxyl groups excluding tert-OH is 1. The van der Waals surface area contributed by atoms with E-state index in [1.54, 1.807) is 11.8 Å². The summed E-state index contributed by atoms with van der Waals surface area (Å²) < 4.78 is 4.90. The Morgan fingerprint density at radius 1 is 1.38 bits per heavy atom. The number of carbonyl (C=O) groups is 2. The zero-order valence-electron chi connectivity index (χ0n) is 12.6. The lowest BCUT2D eigenvalue weighted by atomic mass is 9.86. The molecule has 1 aliphatic heterocycles. The van der Waals surface area contributed by atoms with Gasteiger partial charge in [-0.25, -0.2) is 0 Å². The van der Waals surface area contributed by atoms with E-state index in [1.807, 2.05) is 32.0 Å². The fourth-order valence-electron chi connectivity index (χ4n) is 2.73. The van der Waals surface area contributed by atoms with Crippen LogP contribution in [0.3, 0.4) is 0 Å². The number of carbonyl (C=O) groups excluding carboxylic acids is 2. The lowest BCUT2D eigenvalue weighted by Gasteiger charge is -2.36. The summed E-state index contributed by atoms with van der Waals surface area (Å²) in [5.74, 6) is -1.46. The van der Waals surface area contributed by atoms with Crippen molar-refractivity contribution in [2.45, 2.75) is 33.3 Å². The van der Waals surface area contributed by atoms with E-state index in [9.17, 15) is 14.7 Å². The molecule has 1 N–H and O–H groups in total. The Morgan fingerprint density at radius 2 is 2.10 bits per heavy atom. The van der Waals surface area contributed by atoms with Crippen LogP contribution in [0.15, 0.2) is 18.2 Å². The highest BCUT2D eigenvalue weighted by Gasteiger charge is 2.40. The maximum atomic E-state index is 12.5. The molecule has 5 nitrogen and oxygen atoms in total. The van der Waals surface area contributed by atoms with Gasteiger partial charge in [-0.3, -0.25) is 9.59 Å². The minimum atomic E-state index is -0.972. The third-order valence-electron chi connectivity index (χ3n) is 3.77. The van der Waals surface area contributed by atoms with Crippen LogP contribution in [0.1, 0.15) is 37.5 Å². The minimum Gasteiger partial charge on any atom is -0.466 e. The summed E-state index contributed by atoms with van der Waals surface area (Å²) in [6.45, 7) is 6.30. The van der Waals surface area contributed by atoms with Crippen molar-refractivity contribution < 1.29 is 19.4 Å². The maximum absolute atomic E-state index is 12.5. The quantitative estimate of drug-likeness (QED) is 0.861. The summed E-state index contributed by atoms with van der Waals surface area (Å²) in [7, 11) is 0. The average Bonchev–Trinajstić information content (AvgIpc) is 2.44. The maximum Gasteiger partial charge on any atom is 0.306 e. The van der Waals surface area contributed by atoms with Crippen molar-refractivity contribution in [2.75, 3.05) is 18.1 Å². The molecule has 1 aromatic rings. The predicted octanol–water partition coefficient (Wildman–Crippen LogP) is 1.96. The van der Waals surface area contributed by atoms with Crippen molar-refractivity contribution in [3.05, 3.63) is 29.3 Å². The number of aliphatic hydroxyl groups is 1. The normalized spacial score (nSPS) is 21.1. The van der Waals surface area contributed by atoms with Gasteiger partial charge in [0.2, 0.25) is 5.91 Å². The van der Waals surface area contributed by atoms with Crippen LogP contribution in [0.4, 0.5) is 5.69 Å². The second-order valence-electron chi connectivity index (χ2n) is 5.21. The zero-order valence-corrected chi connectivity index (χ0v) is 12.6. The molecule has 0 radical (unpaired) electrons. The van der Waals surface area contributed by atoms with E-state index in [0.717, 1.165) is 11.3 Å². The van der Waals surface area contributed by atoms with Crippen molar-refractivity contribution in [1.29, 1.82) is 0 Å². The van der Waals surface area contributed by atoms with Crippen molar-refractivity contribution in [1.82, 2.24) is 0 Å². The lowest BCUT2D eigenvalue weighted by molar-refractivity contribution is -0.148. The molecule has 0 saturated carbocycles. The second kappa shape index (κ2) is 6.26. The van der Waals surface area contributed by atoms with Crippen LogP contribution in [-0.4, -0.2) is 30.1 Å². The van der Waals surface area contributed by atoms with Gasteiger partial charge in [0.1, 0.15) is 0 Å². The monoisotopic (exact) mass is 291 g/mol. The Labute approximate surface area is 124 Å². The molecular formula is C16H21NO4. The number of rotatable bonds is 4. The first-order chi connectivity index (χ1) is 9.99. The molecule has 0 aliphatic carbocycles. The van der Waals surface area contributed by atoms with E-state index in [0.29, 0.717) is 12.1 Å². The Kier molecular flexibility index (Phi) is 4.63. The van der Waals surface area contributed by atoms with Gasteiger partial charge in [0.25, 0.3) is 0 Å². The van der Waals surface area contributed by atoms with E-state index in [4.69, 9.17) is 4.74 Å². The fourth-order valence-corrected chi connectivity index (χ4v) is 2.73. The summed E-state index contributed by atoms with van der Waals surface area (Å²) in [5, 5.41) is 10.5. The number of fused-ring (bicyclic) bond motifs is 1. The number of ether oxygens (including phenoxy) is 1. The Morgan fingerprint density at radius 3 is 2.71 bits per heavy atom.